The van der Waals surface area contributed by atoms with Crippen LogP contribution in [0, 0.1) is 19.8 Å². The third-order valence-electron chi connectivity index (χ3n) is 3.33. The van der Waals surface area contributed by atoms with Gasteiger partial charge in [0.15, 0.2) is 0 Å². The molecule has 1 amide bonds. The van der Waals surface area contributed by atoms with Crippen molar-refractivity contribution in [2.24, 2.45) is 5.92 Å². The van der Waals surface area contributed by atoms with Gasteiger partial charge in [0.1, 0.15) is 0 Å². The number of anilines is 1. The molecule has 102 valence electrons. The third-order valence-corrected chi connectivity index (χ3v) is 3.33. The normalized spacial score (nSPS) is 15.9. The van der Waals surface area contributed by atoms with Crippen LogP contribution in [-0.2, 0) is 9.59 Å². The number of carboxylic acid groups (broad SMARTS) is 1. The molecule has 2 N–H and O–H groups in total. The van der Waals surface area contributed by atoms with Gasteiger partial charge in [-0.05, 0) is 25.5 Å². The molecule has 1 aliphatic heterocycles. The smallest absolute Gasteiger partial charge is 0.309 e. The molecule has 0 unspecified atom stereocenters. The van der Waals surface area contributed by atoms with Crippen LogP contribution in [0.25, 0.3) is 0 Å². The molecule has 0 bridgehead atoms. The zero-order chi connectivity index (χ0) is 14.0. The summed E-state index contributed by atoms with van der Waals surface area (Å²) < 4.78 is 0. The van der Waals surface area contributed by atoms with Gasteiger partial charge in [-0.3, -0.25) is 14.5 Å². The predicted molar refractivity (Wildman–Crippen MR) is 72.1 cm³/mol. The van der Waals surface area contributed by atoms with Crippen molar-refractivity contribution in [1.29, 1.82) is 0 Å². The Bertz CT molecular complexity index is 507. The number of rotatable bonds is 4. The van der Waals surface area contributed by atoms with Crippen molar-refractivity contribution in [3.63, 3.8) is 0 Å². The summed E-state index contributed by atoms with van der Waals surface area (Å²) in [7, 11) is 0. The van der Waals surface area contributed by atoms with Crippen molar-refractivity contribution in [1.82, 2.24) is 4.90 Å². The van der Waals surface area contributed by atoms with Crippen LogP contribution in [0.15, 0.2) is 18.2 Å². The van der Waals surface area contributed by atoms with Crippen molar-refractivity contribution < 1.29 is 14.7 Å². The molecule has 2 rings (SSSR count). The molecular formula is C14H18N2O3. The number of amides is 1. The first-order chi connectivity index (χ1) is 8.95. The Kier molecular flexibility index (Phi) is 3.85. The maximum atomic E-state index is 11.8. The minimum atomic E-state index is -0.786. The van der Waals surface area contributed by atoms with Crippen LogP contribution in [0.2, 0.25) is 0 Å². The van der Waals surface area contributed by atoms with E-state index in [0.717, 1.165) is 16.8 Å². The molecule has 0 aromatic heterocycles. The number of carbonyl (C=O) groups excluding carboxylic acids is 1. The van der Waals surface area contributed by atoms with Gasteiger partial charge in [-0.25, -0.2) is 0 Å². The standard InChI is InChI=1S/C14H18N2O3/c1-9-3-4-12(10(2)5-9)15-13(17)8-16-6-11(7-16)14(18)19/h3-5,11H,6-8H2,1-2H3,(H,15,17)(H,18,19). The SMILES string of the molecule is Cc1ccc(NC(=O)CN2CC(C(=O)O)C2)c(C)c1. The van der Waals surface area contributed by atoms with Gasteiger partial charge in [0.05, 0.1) is 12.5 Å². The third kappa shape index (κ3) is 3.32. The average molecular weight is 262 g/mol. The highest BCUT2D eigenvalue weighted by Gasteiger charge is 2.33. The fourth-order valence-electron chi connectivity index (χ4n) is 2.20. The van der Waals surface area contributed by atoms with E-state index in [4.69, 9.17) is 5.11 Å². The van der Waals surface area contributed by atoms with Gasteiger partial charge < -0.3 is 10.4 Å². The first-order valence-corrected chi connectivity index (χ1v) is 6.28. The fourth-order valence-corrected chi connectivity index (χ4v) is 2.20. The van der Waals surface area contributed by atoms with Crippen LogP contribution in [0.4, 0.5) is 5.69 Å². The molecule has 5 heteroatoms. The van der Waals surface area contributed by atoms with Crippen LogP contribution in [0.3, 0.4) is 0 Å². The van der Waals surface area contributed by atoms with Crippen LogP contribution in [0.1, 0.15) is 11.1 Å². The zero-order valence-corrected chi connectivity index (χ0v) is 11.1. The fraction of sp³-hybridized carbons (Fsp3) is 0.429. The van der Waals surface area contributed by atoms with Gasteiger partial charge in [-0.2, -0.15) is 0 Å². The lowest BCUT2D eigenvalue weighted by molar-refractivity contribution is -0.148. The first-order valence-electron chi connectivity index (χ1n) is 6.28. The second-order valence-corrected chi connectivity index (χ2v) is 5.10. The number of aryl methyl sites for hydroxylation is 2. The van der Waals surface area contributed by atoms with Crippen molar-refractivity contribution >= 4 is 17.6 Å². The van der Waals surface area contributed by atoms with Crippen LogP contribution in [0.5, 0.6) is 0 Å². The van der Waals surface area contributed by atoms with E-state index in [1.165, 1.54) is 0 Å². The Morgan fingerprint density at radius 1 is 1.37 bits per heavy atom. The summed E-state index contributed by atoms with van der Waals surface area (Å²) >= 11 is 0. The van der Waals surface area contributed by atoms with Gasteiger partial charge in [0.2, 0.25) is 5.91 Å². The van der Waals surface area contributed by atoms with E-state index < -0.39 is 5.97 Å². The summed E-state index contributed by atoms with van der Waals surface area (Å²) in [4.78, 5) is 24.3. The number of nitrogens with one attached hydrogen (secondary N) is 1. The minimum absolute atomic E-state index is 0.101. The van der Waals surface area contributed by atoms with Crippen LogP contribution in [-0.4, -0.2) is 41.5 Å². The second kappa shape index (κ2) is 5.40. The number of benzene rings is 1. The van der Waals surface area contributed by atoms with E-state index in [-0.39, 0.29) is 18.4 Å². The molecule has 0 aliphatic carbocycles. The molecule has 0 saturated carbocycles. The van der Waals surface area contributed by atoms with Crippen molar-refractivity contribution in [3.8, 4) is 0 Å². The zero-order valence-electron chi connectivity index (χ0n) is 11.1. The summed E-state index contributed by atoms with van der Waals surface area (Å²) in [5.41, 5.74) is 2.99. The minimum Gasteiger partial charge on any atom is -0.481 e. The molecular weight excluding hydrogens is 244 g/mol. The molecule has 1 aliphatic rings. The number of aliphatic carboxylic acids is 1. The maximum absolute atomic E-state index is 11.8. The van der Waals surface area contributed by atoms with Gasteiger partial charge >= 0.3 is 5.97 Å². The lowest BCUT2D eigenvalue weighted by Gasteiger charge is -2.35. The number of carbonyl (C=O) groups is 2. The number of carboxylic acids is 1. The Labute approximate surface area is 112 Å². The summed E-state index contributed by atoms with van der Waals surface area (Å²) in [5, 5.41) is 11.6. The summed E-state index contributed by atoms with van der Waals surface area (Å²) in [5.74, 6) is -1.21. The lowest BCUT2D eigenvalue weighted by atomic mass is 10.0. The molecule has 1 aromatic carbocycles. The molecule has 1 heterocycles. The van der Waals surface area contributed by atoms with Gasteiger partial charge in [-0.15, -0.1) is 0 Å². The highest BCUT2D eigenvalue weighted by molar-refractivity contribution is 5.93. The van der Waals surface area contributed by atoms with E-state index in [1.807, 2.05) is 36.9 Å². The molecule has 1 aromatic rings. The summed E-state index contributed by atoms with van der Waals surface area (Å²) in [6, 6.07) is 5.85. The lowest BCUT2D eigenvalue weighted by Crippen LogP contribution is -2.52. The highest BCUT2D eigenvalue weighted by atomic mass is 16.4. The highest BCUT2D eigenvalue weighted by Crippen LogP contribution is 2.18. The largest absolute Gasteiger partial charge is 0.481 e. The second-order valence-electron chi connectivity index (χ2n) is 5.10. The molecule has 19 heavy (non-hydrogen) atoms. The van der Waals surface area contributed by atoms with E-state index in [0.29, 0.717) is 13.1 Å². The Balaban J connectivity index is 1.84. The topological polar surface area (TPSA) is 69.6 Å². The monoisotopic (exact) mass is 262 g/mol. The molecule has 1 fully saturated rings. The number of nitrogens with zero attached hydrogens (tertiary/aromatic N) is 1. The van der Waals surface area contributed by atoms with E-state index in [2.05, 4.69) is 5.32 Å². The maximum Gasteiger partial charge on any atom is 0.309 e. The predicted octanol–water partition coefficient (Wildman–Crippen LogP) is 1.26. The quantitative estimate of drug-likeness (QED) is 0.857. The Morgan fingerprint density at radius 3 is 2.63 bits per heavy atom. The van der Waals surface area contributed by atoms with Crippen molar-refractivity contribution in [2.45, 2.75) is 13.8 Å². The first kappa shape index (κ1) is 13.5. The van der Waals surface area contributed by atoms with E-state index in [1.54, 1.807) is 0 Å². The van der Waals surface area contributed by atoms with Crippen LogP contribution < -0.4 is 5.32 Å². The molecule has 0 spiro atoms. The molecule has 0 atom stereocenters. The number of hydrogen-bond acceptors (Lipinski definition) is 3. The van der Waals surface area contributed by atoms with Crippen LogP contribution >= 0.6 is 0 Å². The number of likely N-dealkylation sites (tertiary alicyclic amines) is 1. The Hall–Kier alpha value is -1.88. The molecule has 0 radical (unpaired) electrons. The van der Waals surface area contributed by atoms with Crippen molar-refractivity contribution in [2.75, 3.05) is 25.0 Å². The summed E-state index contributed by atoms with van der Waals surface area (Å²) in [6.07, 6.45) is 0. The molecule has 5 nitrogen and oxygen atoms in total. The number of hydrogen-bond donors (Lipinski definition) is 2. The summed E-state index contributed by atoms with van der Waals surface area (Å²) in [6.45, 7) is 5.11. The van der Waals surface area contributed by atoms with Gasteiger partial charge in [0.25, 0.3) is 0 Å². The Morgan fingerprint density at radius 2 is 2.05 bits per heavy atom. The van der Waals surface area contributed by atoms with Crippen molar-refractivity contribution in [3.05, 3.63) is 29.3 Å². The van der Waals surface area contributed by atoms with E-state index >= 15 is 0 Å². The average Bonchev–Trinajstić information content (AvgIpc) is 2.26. The van der Waals surface area contributed by atoms with E-state index in [9.17, 15) is 9.59 Å². The van der Waals surface area contributed by atoms with Gasteiger partial charge in [0, 0.05) is 18.8 Å². The molecule has 1 saturated heterocycles. The van der Waals surface area contributed by atoms with Gasteiger partial charge in [-0.1, -0.05) is 17.7 Å².